The minimum absolute atomic E-state index is 0.00759. The molecule has 0 aliphatic carbocycles. The van der Waals surface area contributed by atoms with E-state index in [2.05, 4.69) is 10.3 Å². The number of para-hydroxylation sites is 1. The molecule has 3 aliphatic rings. The fourth-order valence-corrected chi connectivity index (χ4v) is 5.72. The number of benzene rings is 2. The lowest BCUT2D eigenvalue weighted by molar-refractivity contribution is -0.131. The first kappa shape index (κ1) is 20.0. The second-order valence-corrected chi connectivity index (χ2v) is 8.99. The number of aryl methyl sites for hydroxylation is 1. The van der Waals surface area contributed by atoms with E-state index in [1.54, 1.807) is 11.6 Å². The first-order chi connectivity index (χ1) is 16.1. The third-order valence-corrected chi connectivity index (χ3v) is 7.11. The van der Waals surface area contributed by atoms with Gasteiger partial charge in [-0.2, -0.15) is 0 Å². The van der Waals surface area contributed by atoms with Gasteiger partial charge in [0.15, 0.2) is 0 Å². The fraction of sp³-hybridized carbons (Fsp3) is 0.360. The smallest absolute Gasteiger partial charge is 0.240 e. The number of rotatable bonds is 0. The maximum atomic E-state index is 14.3. The van der Waals surface area contributed by atoms with Gasteiger partial charge in [0.2, 0.25) is 11.8 Å². The van der Waals surface area contributed by atoms with Crippen molar-refractivity contribution in [1.29, 1.82) is 0 Å². The molecule has 6 rings (SSSR count). The predicted octanol–water partition coefficient (Wildman–Crippen LogP) is 2.84. The van der Waals surface area contributed by atoms with E-state index < -0.39 is 11.5 Å². The van der Waals surface area contributed by atoms with Crippen LogP contribution in [0.4, 0.5) is 5.69 Å². The largest absolute Gasteiger partial charge is 0.494 e. The Morgan fingerprint density at radius 2 is 2.03 bits per heavy atom. The van der Waals surface area contributed by atoms with Gasteiger partial charge in [-0.25, -0.2) is 0 Å². The van der Waals surface area contributed by atoms with Crippen LogP contribution in [-0.4, -0.2) is 44.9 Å². The number of likely N-dealkylation sites (tertiary alicyclic amines) is 1. The van der Waals surface area contributed by atoms with Crippen molar-refractivity contribution >= 4 is 17.5 Å². The van der Waals surface area contributed by atoms with E-state index in [1.165, 1.54) is 0 Å². The van der Waals surface area contributed by atoms with Gasteiger partial charge >= 0.3 is 0 Å². The van der Waals surface area contributed by atoms with E-state index in [1.807, 2.05) is 64.5 Å². The maximum absolute atomic E-state index is 14.3. The summed E-state index contributed by atoms with van der Waals surface area (Å²) in [5.74, 6) is 0.712. The van der Waals surface area contributed by atoms with E-state index in [-0.39, 0.29) is 11.8 Å². The standard InChI is InChI=1S/C25H25N5O3/c1-17(31)29-12-10-25-21-8-2-3-9-22(21)30(24(25)32)16-19-15-28(27-26-19)11-5-13-33-20-7-4-6-18(14-20)23(25)29/h2-4,6-9,14-15,23H,5,10-13,16H2,1H3/t23-,25-/m0/s1. The number of hydrogen-bond donors (Lipinski definition) is 0. The van der Waals surface area contributed by atoms with Crippen LogP contribution >= 0.6 is 0 Å². The SMILES string of the molecule is CC(=O)N1CC[C@@]23C(=O)N(Cc4cn(nn4)CCCOc4cccc(c4)[C@H]12)c1ccccc13. The Morgan fingerprint density at radius 3 is 2.91 bits per heavy atom. The molecule has 3 aliphatic heterocycles. The van der Waals surface area contributed by atoms with Gasteiger partial charge in [0, 0.05) is 32.1 Å². The number of aromatic nitrogens is 3. The lowest BCUT2D eigenvalue weighted by atomic mass is 9.72. The minimum Gasteiger partial charge on any atom is -0.494 e. The van der Waals surface area contributed by atoms with Crippen LogP contribution in [0.2, 0.25) is 0 Å². The number of carbonyl (C=O) groups excluding carboxylic acids is 2. The Hall–Kier alpha value is -3.68. The predicted molar refractivity (Wildman–Crippen MR) is 121 cm³/mol. The zero-order valence-electron chi connectivity index (χ0n) is 18.5. The van der Waals surface area contributed by atoms with Crippen molar-refractivity contribution in [3.63, 3.8) is 0 Å². The molecule has 0 radical (unpaired) electrons. The highest BCUT2D eigenvalue weighted by Gasteiger charge is 2.61. The molecule has 3 aromatic rings. The van der Waals surface area contributed by atoms with Crippen molar-refractivity contribution in [2.24, 2.45) is 0 Å². The van der Waals surface area contributed by atoms with Gasteiger partial charge in [0.05, 0.1) is 25.4 Å². The number of ether oxygens (including phenoxy) is 1. The molecule has 6 bridgehead atoms. The lowest BCUT2D eigenvalue weighted by Crippen LogP contribution is -2.45. The molecule has 8 heteroatoms. The summed E-state index contributed by atoms with van der Waals surface area (Å²) < 4.78 is 7.83. The quantitative estimate of drug-likeness (QED) is 0.534. The third-order valence-electron chi connectivity index (χ3n) is 7.11. The molecule has 1 spiro atoms. The summed E-state index contributed by atoms with van der Waals surface area (Å²) in [4.78, 5) is 30.7. The molecule has 1 saturated heterocycles. The molecule has 8 nitrogen and oxygen atoms in total. The van der Waals surface area contributed by atoms with Gasteiger partial charge in [-0.1, -0.05) is 35.5 Å². The summed E-state index contributed by atoms with van der Waals surface area (Å²) >= 11 is 0. The first-order valence-corrected chi connectivity index (χ1v) is 11.4. The summed E-state index contributed by atoms with van der Waals surface area (Å²) in [7, 11) is 0. The monoisotopic (exact) mass is 443 g/mol. The molecule has 2 aromatic carbocycles. The van der Waals surface area contributed by atoms with Gasteiger partial charge in [-0.15, -0.1) is 5.10 Å². The van der Waals surface area contributed by atoms with Crippen molar-refractivity contribution in [2.45, 2.75) is 44.3 Å². The van der Waals surface area contributed by atoms with Crippen molar-refractivity contribution in [3.8, 4) is 5.75 Å². The molecule has 1 fully saturated rings. The number of fused-ring (bicyclic) bond motifs is 8. The van der Waals surface area contributed by atoms with Gasteiger partial charge in [0.25, 0.3) is 0 Å². The van der Waals surface area contributed by atoms with Crippen LogP contribution in [0.25, 0.3) is 0 Å². The number of anilines is 1. The number of amides is 2. The zero-order chi connectivity index (χ0) is 22.6. The van der Waals surface area contributed by atoms with Crippen LogP contribution < -0.4 is 9.64 Å². The average Bonchev–Trinajstić information content (AvgIpc) is 3.50. The average molecular weight is 444 g/mol. The topological polar surface area (TPSA) is 80.6 Å². The van der Waals surface area contributed by atoms with Gasteiger partial charge in [-0.3, -0.25) is 14.3 Å². The normalized spacial score (nSPS) is 23.9. The Balaban J connectivity index is 1.57. The second-order valence-electron chi connectivity index (χ2n) is 8.99. The fourth-order valence-electron chi connectivity index (χ4n) is 5.72. The Morgan fingerprint density at radius 1 is 1.15 bits per heavy atom. The van der Waals surface area contributed by atoms with Crippen LogP contribution in [0.1, 0.15) is 42.6 Å². The van der Waals surface area contributed by atoms with Crippen molar-refractivity contribution in [3.05, 3.63) is 71.5 Å². The summed E-state index contributed by atoms with van der Waals surface area (Å²) in [6, 6.07) is 15.4. The maximum Gasteiger partial charge on any atom is 0.240 e. The van der Waals surface area contributed by atoms with E-state index in [9.17, 15) is 9.59 Å². The van der Waals surface area contributed by atoms with Crippen LogP contribution in [-0.2, 0) is 28.1 Å². The Labute approximate surface area is 191 Å². The highest BCUT2D eigenvalue weighted by Crippen LogP contribution is 2.57. The van der Waals surface area contributed by atoms with Crippen LogP contribution in [0, 0.1) is 0 Å². The molecule has 2 atom stereocenters. The summed E-state index contributed by atoms with van der Waals surface area (Å²) in [5.41, 5.74) is 2.66. The van der Waals surface area contributed by atoms with E-state index in [0.29, 0.717) is 32.7 Å². The minimum atomic E-state index is -0.850. The molecule has 0 saturated carbocycles. The summed E-state index contributed by atoms with van der Waals surface area (Å²) in [5, 5.41) is 8.55. The molecule has 33 heavy (non-hydrogen) atoms. The molecule has 2 amide bonds. The van der Waals surface area contributed by atoms with Crippen LogP contribution in [0.15, 0.2) is 54.7 Å². The second kappa shape index (κ2) is 7.43. The third kappa shape index (κ3) is 2.97. The van der Waals surface area contributed by atoms with Crippen molar-refractivity contribution in [2.75, 3.05) is 18.1 Å². The number of hydrogen-bond acceptors (Lipinski definition) is 5. The molecule has 4 heterocycles. The van der Waals surface area contributed by atoms with Crippen LogP contribution in [0.3, 0.4) is 0 Å². The number of carbonyl (C=O) groups is 2. The number of nitrogens with zero attached hydrogens (tertiary/aromatic N) is 5. The molecular formula is C25H25N5O3. The zero-order valence-corrected chi connectivity index (χ0v) is 18.5. The van der Waals surface area contributed by atoms with E-state index in [0.717, 1.165) is 34.7 Å². The molecule has 168 valence electrons. The highest BCUT2D eigenvalue weighted by atomic mass is 16.5. The molecular weight excluding hydrogens is 418 g/mol. The molecule has 0 unspecified atom stereocenters. The Bertz CT molecular complexity index is 1250. The van der Waals surface area contributed by atoms with Crippen molar-refractivity contribution < 1.29 is 14.3 Å². The van der Waals surface area contributed by atoms with Gasteiger partial charge in [0.1, 0.15) is 16.9 Å². The summed E-state index contributed by atoms with van der Waals surface area (Å²) in [6.45, 7) is 3.67. The van der Waals surface area contributed by atoms with E-state index in [4.69, 9.17) is 4.74 Å². The summed E-state index contributed by atoms with van der Waals surface area (Å²) in [6.07, 6.45) is 3.25. The van der Waals surface area contributed by atoms with Crippen molar-refractivity contribution in [1.82, 2.24) is 19.9 Å². The lowest BCUT2D eigenvalue weighted by Gasteiger charge is -2.34. The van der Waals surface area contributed by atoms with E-state index >= 15 is 0 Å². The molecule has 1 aromatic heterocycles. The van der Waals surface area contributed by atoms with Crippen LogP contribution in [0.5, 0.6) is 5.75 Å². The highest BCUT2D eigenvalue weighted by molar-refractivity contribution is 6.09. The molecule has 0 N–H and O–H groups in total. The first-order valence-electron chi connectivity index (χ1n) is 11.4. The van der Waals surface area contributed by atoms with Gasteiger partial charge < -0.3 is 14.5 Å². The Kier molecular flexibility index (Phi) is 4.50. The van der Waals surface area contributed by atoms with Gasteiger partial charge in [-0.05, 0) is 35.7 Å².